The van der Waals surface area contributed by atoms with E-state index in [2.05, 4.69) is 10.2 Å². The third kappa shape index (κ3) is 3.64. The highest BCUT2D eigenvalue weighted by atomic mass is 32.2. The molecule has 0 aliphatic rings. The van der Waals surface area contributed by atoms with E-state index >= 15 is 0 Å². The fourth-order valence-corrected chi connectivity index (χ4v) is 3.34. The largest absolute Gasteiger partial charge is 0.505 e. The van der Waals surface area contributed by atoms with Gasteiger partial charge >= 0.3 is 5.97 Å². The van der Waals surface area contributed by atoms with Crippen molar-refractivity contribution in [2.45, 2.75) is 11.8 Å². The van der Waals surface area contributed by atoms with E-state index in [0.717, 1.165) is 0 Å². The van der Waals surface area contributed by atoms with Gasteiger partial charge in [-0.1, -0.05) is 30.3 Å². The van der Waals surface area contributed by atoms with Gasteiger partial charge in [-0.15, -0.1) is 10.2 Å². The number of aromatic carboxylic acids is 1. The number of azo groups is 1. The highest BCUT2D eigenvalue weighted by Crippen LogP contribution is 2.38. The molecule has 0 unspecified atom stereocenters. The monoisotopic (exact) mass is 386 g/mol. The lowest BCUT2D eigenvalue weighted by molar-refractivity contribution is 0.0696. The Morgan fingerprint density at radius 1 is 1.00 bits per heavy atom. The highest BCUT2D eigenvalue weighted by molar-refractivity contribution is 7.86. The third-order valence-electron chi connectivity index (χ3n) is 3.87. The number of carboxylic acids is 1. The number of aryl methyl sites for hydroxylation is 1. The number of benzene rings is 3. The molecule has 0 bridgehead atoms. The summed E-state index contributed by atoms with van der Waals surface area (Å²) in [7, 11) is -4.54. The maximum atomic E-state index is 11.5. The molecule has 8 nitrogen and oxygen atoms in total. The van der Waals surface area contributed by atoms with Gasteiger partial charge in [-0.3, -0.25) is 4.55 Å². The Hall–Kier alpha value is -3.30. The van der Waals surface area contributed by atoms with Crippen LogP contribution in [0.5, 0.6) is 5.75 Å². The molecule has 138 valence electrons. The lowest BCUT2D eigenvalue weighted by atomic mass is 10.0. The van der Waals surface area contributed by atoms with E-state index in [0.29, 0.717) is 16.3 Å². The molecule has 3 aromatic carbocycles. The van der Waals surface area contributed by atoms with Crippen LogP contribution in [0, 0.1) is 6.92 Å². The van der Waals surface area contributed by atoms with Gasteiger partial charge in [0.15, 0.2) is 5.75 Å². The van der Waals surface area contributed by atoms with Gasteiger partial charge in [-0.25, -0.2) is 4.79 Å². The number of nitrogens with zero attached hydrogens (tertiary/aromatic N) is 2. The molecular formula is C18H14N2O6S. The number of hydrogen-bond donors (Lipinski definition) is 3. The number of hydrogen-bond acceptors (Lipinski definition) is 6. The average molecular weight is 386 g/mol. The van der Waals surface area contributed by atoms with E-state index in [9.17, 15) is 28.0 Å². The van der Waals surface area contributed by atoms with E-state index in [1.54, 1.807) is 37.3 Å². The SMILES string of the molecule is Cc1ccc(N=Nc2cc3ccccc3c(C(=O)O)c2O)c(S(=O)(=O)O)c1. The predicted molar refractivity (Wildman–Crippen MR) is 97.7 cm³/mol. The van der Waals surface area contributed by atoms with Gasteiger partial charge in [0.2, 0.25) is 0 Å². The zero-order chi connectivity index (χ0) is 19.8. The van der Waals surface area contributed by atoms with Crippen LogP contribution < -0.4 is 0 Å². The fourth-order valence-electron chi connectivity index (χ4n) is 2.63. The summed E-state index contributed by atoms with van der Waals surface area (Å²) in [4.78, 5) is 11.1. The summed E-state index contributed by atoms with van der Waals surface area (Å²) in [6.45, 7) is 1.64. The molecule has 0 saturated heterocycles. The van der Waals surface area contributed by atoms with Gasteiger partial charge in [0, 0.05) is 5.39 Å². The van der Waals surface area contributed by atoms with E-state index < -0.39 is 26.7 Å². The minimum absolute atomic E-state index is 0.145. The number of aromatic hydroxyl groups is 1. The Morgan fingerprint density at radius 2 is 1.67 bits per heavy atom. The molecule has 0 heterocycles. The molecule has 3 rings (SSSR count). The fraction of sp³-hybridized carbons (Fsp3) is 0.0556. The molecule has 0 aliphatic carbocycles. The molecule has 0 saturated carbocycles. The van der Waals surface area contributed by atoms with E-state index in [-0.39, 0.29) is 16.9 Å². The zero-order valence-electron chi connectivity index (χ0n) is 14.0. The van der Waals surface area contributed by atoms with Gasteiger partial charge in [-0.2, -0.15) is 8.42 Å². The Morgan fingerprint density at radius 3 is 2.33 bits per heavy atom. The summed E-state index contributed by atoms with van der Waals surface area (Å²) in [5, 5.41) is 28.2. The molecule has 3 N–H and O–H groups in total. The third-order valence-corrected chi connectivity index (χ3v) is 4.76. The Balaban J connectivity index is 2.19. The molecule has 0 radical (unpaired) electrons. The van der Waals surface area contributed by atoms with Crippen molar-refractivity contribution in [3.05, 3.63) is 59.7 Å². The van der Waals surface area contributed by atoms with Crippen molar-refractivity contribution < 1.29 is 28.0 Å². The number of rotatable bonds is 4. The molecule has 0 fully saturated rings. The first-order valence-corrected chi connectivity index (χ1v) is 9.10. The summed E-state index contributed by atoms with van der Waals surface area (Å²) in [5.41, 5.74) is -0.0373. The first-order valence-electron chi connectivity index (χ1n) is 7.66. The van der Waals surface area contributed by atoms with Crippen LogP contribution in [-0.2, 0) is 10.1 Å². The van der Waals surface area contributed by atoms with Crippen LogP contribution in [0.3, 0.4) is 0 Å². The maximum absolute atomic E-state index is 11.5. The predicted octanol–water partition coefficient (Wildman–Crippen LogP) is 4.21. The van der Waals surface area contributed by atoms with Gasteiger partial charge in [0.25, 0.3) is 10.1 Å². The minimum Gasteiger partial charge on any atom is -0.505 e. The van der Waals surface area contributed by atoms with E-state index in [1.807, 2.05) is 0 Å². The maximum Gasteiger partial charge on any atom is 0.340 e. The van der Waals surface area contributed by atoms with Crippen molar-refractivity contribution in [3.8, 4) is 5.75 Å². The standard InChI is InChI=1S/C18H14N2O6S/c1-10-6-7-13(15(8-10)27(24,25)26)19-20-14-9-11-4-2-3-5-12(11)16(17(14)21)18(22)23/h2-9,21H,1H3,(H,22,23)(H,24,25,26). The smallest absolute Gasteiger partial charge is 0.340 e. The van der Waals surface area contributed by atoms with E-state index in [1.165, 1.54) is 18.2 Å². The van der Waals surface area contributed by atoms with Crippen LogP contribution in [0.25, 0.3) is 10.8 Å². The number of phenols is 1. The molecule has 0 amide bonds. The number of carboxylic acid groups (broad SMARTS) is 1. The first kappa shape index (κ1) is 18.5. The molecule has 0 aromatic heterocycles. The van der Waals surface area contributed by atoms with Gasteiger partial charge in [0.05, 0.1) is 0 Å². The minimum atomic E-state index is -4.54. The van der Waals surface area contributed by atoms with Crippen LogP contribution in [0.1, 0.15) is 15.9 Å². The van der Waals surface area contributed by atoms with Crippen LogP contribution in [0.15, 0.2) is 63.7 Å². The van der Waals surface area contributed by atoms with Crippen LogP contribution in [-0.4, -0.2) is 29.2 Å². The van der Waals surface area contributed by atoms with Gasteiger partial charge < -0.3 is 10.2 Å². The molecule has 0 aliphatic heterocycles. The number of carbonyl (C=O) groups is 1. The quantitative estimate of drug-likeness (QED) is 0.454. The van der Waals surface area contributed by atoms with Crippen molar-refractivity contribution in [2.75, 3.05) is 0 Å². The molecule has 0 spiro atoms. The normalized spacial score (nSPS) is 11.9. The van der Waals surface area contributed by atoms with Crippen molar-refractivity contribution >= 4 is 38.2 Å². The molecule has 0 atom stereocenters. The second-order valence-corrected chi connectivity index (χ2v) is 7.18. The summed E-state index contributed by atoms with van der Waals surface area (Å²) in [5.74, 6) is -1.93. The Labute approximate surface area is 154 Å². The van der Waals surface area contributed by atoms with Crippen molar-refractivity contribution in [1.82, 2.24) is 0 Å². The summed E-state index contributed by atoms with van der Waals surface area (Å²) < 4.78 is 32.4. The Bertz CT molecular complexity index is 1200. The van der Waals surface area contributed by atoms with Crippen LogP contribution >= 0.6 is 0 Å². The molecule has 27 heavy (non-hydrogen) atoms. The first-order chi connectivity index (χ1) is 12.7. The second-order valence-electron chi connectivity index (χ2n) is 5.79. The Kier molecular flexibility index (Phi) is 4.64. The second kappa shape index (κ2) is 6.78. The topological polar surface area (TPSA) is 137 Å². The summed E-state index contributed by atoms with van der Waals surface area (Å²) in [6.07, 6.45) is 0. The van der Waals surface area contributed by atoms with Crippen molar-refractivity contribution in [2.24, 2.45) is 10.2 Å². The summed E-state index contributed by atoms with van der Waals surface area (Å²) in [6, 6.07) is 12.1. The molecular weight excluding hydrogens is 372 g/mol. The van der Waals surface area contributed by atoms with Crippen LogP contribution in [0.4, 0.5) is 11.4 Å². The number of fused-ring (bicyclic) bond motifs is 1. The van der Waals surface area contributed by atoms with Gasteiger partial charge in [-0.05, 0) is 36.1 Å². The zero-order valence-corrected chi connectivity index (χ0v) is 14.8. The lowest BCUT2D eigenvalue weighted by Crippen LogP contribution is -1.99. The summed E-state index contributed by atoms with van der Waals surface area (Å²) >= 11 is 0. The lowest BCUT2D eigenvalue weighted by Gasteiger charge is -2.08. The highest BCUT2D eigenvalue weighted by Gasteiger charge is 2.19. The van der Waals surface area contributed by atoms with E-state index in [4.69, 9.17) is 0 Å². The van der Waals surface area contributed by atoms with Gasteiger partial charge in [0.1, 0.15) is 21.8 Å². The van der Waals surface area contributed by atoms with Crippen molar-refractivity contribution in [3.63, 3.8) is 0 Å². The van der Waals surface area contributed by atoms with Crippen LogP contribution in [0.2, 0.25) is 0 Å². The average Bonchev–Trinajstić information content (AvgIpc) is 2.59. The molecule has 9 heteroatoms. The van der Waals surface area contributed by atoms with Crippen molar-refractivity contribution in [1.29, 1.82) is 0 Å². The molecule has 3 aromatic rings.